The minimum atomic E-state index is -2.56. The van der Waals surface area contributed by atoms with E-state index < -0.39 is 6.55 Å². The number of rotatable bonds is 2. The normalized spacial score (nSPS) is 24.8. The molecule has 1 unspecified atom stereocenters. The Bertz CT molecular complexity index is 136. The van der Waals surface area contributed by atoms with Gasteiger partial charge < -0.3 is 0 Å². The van der Waals surface area contributed by atoms with Crippen molar-refractivity contribution < 1.29 is 8.78 Å². The van der Waals surface area contributed by atoms with Gasteiger partial charge in [0.15, 0.2) is 6.34 Å². The lowest BCUT2D eigenvalue weighted by Gasteiger charge is -2.10. The van der Waals surface area contributed by atoms with Gasteiger partial charge >= 0.3 is 6.55 Å². The Morgan fingerprint density at radius 2 is 2.40 bits per heavy atom. The molecular weight excluding hydrogens is 138 g/mol. The molecule has 0 saturated carbocycles. The van der Waals surface area contributed by atoms with Crippen molar-refractivity contribution in [2.45, 2.75) is 25.9 Å². The molecule has 0 aromatic carbocycles. The molecule has 1 aliphatic heterocycles. The van der Waals surface area contributed by atoms with Gasteiger partial charge in [-0.15, -0.1) is 0 Å². The summed E-state index contributed by atoms with van der Waals surface area (Å²) in [6.45, 7) is 1.75. The molecule has 1 aliphatic rings. The van der Waals surface area contributed by atoms with Crippen LogP contribution in [-0.2, 0) is 0 Å². The summed E-state index contributed by atoms with van der Waals surface area (Å²) in [4.78, 5) is 4.22. The monoisotopic (exact) mass is 145 g/mol. The van der Waals surface area contributed by atoms with Crippen LogP contribution >= 0.6 is 0 Å². The minimum Gasteiger partial charge on any atom is -0.284 e. The quantitative estimate of drug-likeness (QED) is 0.534. The molecule has 0 aliphatic carbocycles. The van der Waals surface area contributed by atoms with Crippen molar-refractivity contribution in [1.29, 1.82) is 0 Å². The summed E-state index contributed by atoms with van der Waals surface area (Å²) in [6, 6.07) is -0.228. The zero-order chi connectivity index (χ0) is 7.56. The molecule has 3 radical (unpaired) electrons. The molecule has 1 heterocycles. The first-order valence-corrected chi connectivity index (χ1v) is 3.03. The lowest BCUT2D eigenvalue weighted by Crippen LogP contribution is -2.23. The number of halogens is 2. The second-order valence-electron chi connectivity index (χ2n) is 1.93. The minimum absolute atomic E-state index is 0.228. The van der Waals surface area contributed by atoms with Crippen molar-refractivity contribution in [3.63, 3.8) is 0 Å². The molecule has 1 rings (SSSR count). The van der Waals surface area contributed by atoms with E-state index in [9.17, 15) is 8.78 Å². The summed E-state index contributed by atoms with van der Waals surface area (Å²) in [5.41, 5.74) is 0. The molecule has 0 fully saturated rings. The molecule has 10 heavy (non-hydrogen) atoms. The predicted molar refractivity (Wildman–Crippen MR) is 32.6 cm³/mol. The molecule has 0 amide bonds. The number of alkyl halides is 2. The SMILES string of the molecule is CCC1[C]N(C(F)F)[C]=N1. The zero-order valence-corrected chi connectivity index (χ0v) is 5.51. The number of hydrogen-bond acceptors (Lipinski definition) is 2. The first-order valence-electron chi connectivity index (χ1n) is 3.03. The van der Waals surface area contributed by atoms with E-state index in [1.54, 1.807) is 0 Å². The van der Waals surface area contributed by atoms with E-state index in [4.69, 9.17) is 0 Å². The van der Waals surface area contributed by atoms with Gasteiger partial charge in [0, 0.05) is 0 Å². The highest BCUT2D eigenvalue weighted by Gasteiger charge is 2.24. The lowest BCUT2D eigenvalue weighted by molar-refractivity contribution is 0.0434. The highest BCUT2D eigenvalue weighted by molar-refractivity contribution is 5.59. The second kappa shape index (κ2) is 2.94. The van der Waals surface area contributed by atoms with E-state index in [0.29, 0.717) is 11.3 Å². The van der Waals surface area contributed by atoms with E-state index in [2.05, 4.69) is 17.9 Å². The van der Waals surface area contributed by atoms with Crippen LogP contribution in [0.25, 0.3) is 0 Å². The van der Waals surface area contributed by atoms with Crippen LogP contribution in [-0.4, -0.2) is 23.8 Å². The number of nitrogens with zero attached hydrogens (tertiary/aromatic N) is 2. The van der Waals surface area contributed by atoms with Crippen LogP contribution in [0.15, 0.2) is 4.99 Å². The van der Waals surface area contributed by atoms with E-state index in [1.807, 2.05) is 6.92 Å². The molecular formula is C6H7F2N2. The van der Waals surface area contributed by atoms with Gasteiger partial charge in [0.1, 0.15) is 6.54 Å². The fourth-order valence-corrected chi connectivity index (χ4v) is 0.633. The fourth-order valence-electron chi connectivity index (χ4n) is 0.633. The predicted octanol–water partition coefficient (Wildman–Crippen LogP) is 1.25. The van der Waals surface area contributed by atoms with E-state index in [0.717, 1.165) is 0 Å². The van der Waals surface area contributed by atoms with Crippen LogP contribution in [0.5, 0.6) is 0 Å². The topological polar surface area (TPSA) is 15.6 Å². The van der Waals surface area contributed by atoms with E-state index in [-0.39, 0.29) is 6.04 Å². The largest absolute Gasteiger partial charge is 0.317 e. The van der Waals surface area contributed by atoms with Gasteiger partial charge in [-0.05, 0) is 6.42 Å². The highest BCUT2D eigenvalue weighted by Crippen LogP contribution is 2.15. The van der Waals surface area contributed by atoms with Gasteiger partial charge in [0.25, 0.3) is 0 Å². The Morgan fingerprint density at radius 3 is 2.70 bits per heavy atom. The molecule has 2 nitrogen and oxygen atoms in total. The van der Waals surface area contributed by atoms with Gasteiger partial charge in [0.2, 0.25) is 0 Å². The summed E-state index contributed by atoms with van der Waals surface area (Å²) >= 11 is 0. The molecule has 4 heteroatoms. The molecule has 0 spiro atoms. The van der Waals surface area contributed by atoms with Crippen LogP contribution in [0.1, 0.15) is 13.3 Å². The van der Waals surface area contributed by atoms with Crippen molar-refractivity contribution in [3.8, 4) is 0 Å². The average molecular weight is 145 g/mol. The Morgan fingerprint density at radius 1 is 1.70 bits per heavy atom. The smallest absolute Gasteiger partial charge is 0.284 e. The number of hydrogen-bond donors (Lipinski definition) is 0. The number of aliphatic imine (C=N–C) groups is 1. The first-order chi connectivity index (χ1) is 4.74. The van der Waals surface area contributed by atoms with Gasteiger partial charge in [-0.2, -0.15) is 8.78 Å². The van der Waals surface area contributed by atoms with Crippen molar-refractivity contribution in [2.24, 2.45) is 4.99 Å². The van der Waals surface area contributed by atoms with Crippen LogP contribution in [0.3, 0.4) is 0 Å². The zero-order valence-electron chi connectivity index (χ0n) is 5.51. The van der Waals surface area contributed by atoms with Crippen LogP contribution in [0.2, 0.25) is 0 Å². The summed E-state index contributed by atoms with van der Waals surface area (Å²) in [6.07, 6.45) is 2.84. The third-order valence-electron chi connectivity index (χ3n) is 1.19. The van der Waals surface area contributed by atoms with Crippen molar-refractivity contribution >= 4 is 6.34 Å². The summed E-state index contributed by atoms with van der Waals surface area (Å²) in [5.74, 6) is 0. The first kappa shape index (κ1) is 7.44. The third kappa shape index (κ3) is 1.43. The van der Waals surface area contributed by atoms with Crippen LogP contribution in [0.4, 0.5) is 8.78 Å². The Kier molecular flexibility index (Phi) is 2.19. The molecule has 0 N–H and O–H groups in total. The van der Waals surface area contributed by atoms with Crippen LogP contribution in [0, 0.1) is 6.54 Å². The van der Waals surface area contributed by atoms with E-state index >= 15 is 0 Å². The Labute approximate surface area is 58.5 Å². The summed E-state index contributed by atoms with van der Waals surface area (Å²) in [7, 11) is 0. The van der Waals surface area contributed by atoms with Crippen molar-refractivity contribution in [2.75, 3.05) is 0 Å². The molecule has 1 atom stereocenters. The van der Waals surface area contributed by atoms with Gasteiger partial charge in [0.05, 0.1) is 6.04 Å². The van der Waals surface area contributed by atoms with Gasteiger partial charge in [-0.1, -0.05) is 6.92 Å². The summed E-state index contributed by atoms with van der Waals surface area (Å²) < 4.78 is 23.6. The summed E-state index contributed by atoms with van der Waals surface area (Å²) in [5, 5.41) is 0. The Balaban J connectivity index is 2.37. The van der Waals surface area contributed by atoms with Gasteiger partial charge in [-0.3, -0.25) is 9.89 Å². The maximum Gasteiger partial charge on any atom is 0.317 e. The maximum absolute atomic E-state index is 11.8. The van der Waals surface area contributed by atoms with Crippen molar-refractivity contribution in [3.05, 3.63) is 6.54 Å². The second-order valence-corrected chi connectivity index (χ2v) is 1.93. The molecule has 0 aromatic rings. The Hall–Kier alpha value is -0.670. The molecule has 0 aromatic heterocycles. The lowest BCUT2D eigenvalue weighted by atomic mass is 10.2. The molecule has 0 bridgehead atoms. The molecule has 0 saturated heterocycles. The highest BCUT2D eigenvalue weighted by atomic mass is 19.3. The average Bonchev–Trinajstić information content (AvgIpc) is 2.34. The van der Waals surface area contributed by atoms with E-state index in [1.165, 1.54) is 0 Å². The standard InChI is InChI=1S/C6H7F2N2/c1-2-5-3-10(4-9-5)6(7)8/h5-6H,2H2,1H3. The van der Waals surface area contributed by atoms with Crippen LogP contribution < -0.4 is 0 Å². The van der Waals surface area contributed by atoms with Crippen molar-refractivity contribution in [1.82, 2.24) is 4.90 Å². The third-order valence-corrected chi connectivity index (χ3v) is 1.19. The molecule has 55 valence electrons. The maximum atomic E-state index is 11.8. The van der Waals surface area contributed by atoms with Gasteiger partial charge in [-0.25, -0.2) is 0 Å². The fraction of sp³-hybridized carbons (Fsp3) is 0.667.